The largest absolute Gasteiger partial charge is 0.399 e. The maximum Gasteiger partial charge on any atom is 0.244 e. The van der Waals surface area contributed by atoms with Gasteiger partial charge in [-0.15, -0.1) is 0 Å². The summed E-state index contributed by atoms with van der Waals surface area (Å²) in [5.41, 5.74) is 4.88. The first-order chi connectivity index (χ1) is 8.76. The van der Waals surface area contributed by atoms with E-state index in [0.717, 1.165) is 0 Å². The minimum atomic E-state index is -3.73. The van der Waals surface area contributed by atoms with Gasteiger partial charge in [0.05, 0.1) is 4.90 Å². The fourth-order valence-corrected chi connectivity index (χ4v) is 3.91. The van der Waals surface area contributed by atoms with Crippen molar-refractivity contribution >= 4 is 21.6 Å². The van der Waals surface area contributed by atoms with Gasteiger partial charge in [0.25, 0.3) is 0 Å². The molecule has 0 spiro atoms. The van der Waals surface area contributed by atoms with E-state index in [9.17, 15) is 13.2 Å². The predicted octanol–water partition coefficient (Wildman–Crippen LogP) is 0.168. The van der Waals surface area contributed by atoms with Gasteiger partial charge in [0.15, 0.2) is 0 Å². The van der Waals surface area contributed by atoms with Crippen molar-refractivity contribution in [3.05, 3.63) is 24.3 Å². The average molecular weight is 283 g/mol. The summed E-state index contributed by atoms with van der Waals surface area (Å²) in [6.45, 7) is 3.73. The van der Waals surface area contributed by atoms with Gasteiger partial charge in [-0.3, -0.25) is 4.79 Å². The molecule has 0 radical (unpaired) electrons. The molecular formula is C12H17N3O3S. The Balaban J connectivity index is 2.47. The van der Waals surface area contributed by atoms with Crippen molar-refractivity contribution in [3.63, 3.8) is 0 Å². The van der Waals surface area contributed by atoms with Crippen molar-refractivity contribution in [1.29, 1.82) is 0 Å². The third-order valence-electron chi connectivity index (χ3n) is 3.23. The number of rotatable bonds is 2. The third-order valence-corrected chi connectivity index (χ3v) is 5.29. The Hall–Kier alpha value is -1.60. The van der Waals surface area contributed by atoms with Crippen molar-refractivity contribution in [2.24, 2.45) is 0 Å². The molecule has 1 aliphatic rings. The van der Waals surface area contributed by atoms with Crippen LogP contribution in [0, 0.1) is 0 Å². The van der Waals surface area contributed by atoms with Crippen molar-refractivity contribution < 1.29 is 13.2 Å². The van der Waals surface area contributed by atoms with Gasteiger partial charge in [0.2, 0.25) is 15.9 Å². The molecule has 0 atom stereocenters. The summed E-state index contributed by atoms with van der Waals surface area (Å²) in [5.74, 6) is -0.300. The summed E-state index contributed by atoms with van der Waals surface area (Å²) in [6.07, 6.45) is 0. The second kappa shape index (κ2) is 4.50. The molecular weight excluding hydrogens is 266 g/mol. The maximum absolute atomic E-state index is 12.6. The monoisotopic (exact) mass is 283 g/mol. The smallest absolute Gasteiger partial charge is 0.244 e. The molecule has 0 aromatic heterocycles. The van der Waals surface area contributed by atoms with Crippen LogP contribution >= 0.6 is 0 Å². The number of hydrogen-bond donors (Lipinski definition) is 2. The second-order valence-corrected chi connectivity index (χ2v) is 6.83. The highest BCUT2D eigenvalue weighted by molar-refractivity contribution is 7.89. The van der Waals surface area contributed by atoms with Crippen LogP contribution < -0.4 is 11.1 Å². The first-order valence-corrected chi connectivity index (χ1v) is 7.37. The van der Waals surface area contributed by atoms with Gasteiger partial charge in [-0.25, -0.2) is 8.42 Å². The predicted molar refractivity (Wildman–Crippen MR) is 71.8 cm³/mol. The van der Waals surface area contributed by atoms with E-state index in [1.807, 2.05) is 0 Å². The Morgan fingerprint density at radius 1 is 1.37 bits per heavy atom. The molecule has 1 fully saturated rings. The molecule has 0 saturated carbocycles. The van der Waals surface area contributed by atoms with Gasteiger partial charge in [-0.2, -0.15) is 4.31 Å². The van der Waals surface area contributed by atoms with Crippen LogP contribution in [0.15, 0.2) is 29.2 Å². The number of amides is 1. The normalized spacial score (nSPS) is 20.0. The van der Waals surface area contributed by atoms with E-state index in [1.165, 1.54) is 16.4 Å². The Bertz CT molecular complexity index is 610. The lowest BCUT2D eigenvalue weighted by Crippen LogP contribution is -2.63. The van der Waals surface area contributed by atoms with Gasteiger partial charge in [0, 0.05) is 18.8 Å². The third kappa shape index (κ3) is 2.31. The molecule has 1 saturated heterocycles. The van der Waals surface area contributed by atoms with E-state index in [2.05, 4.69) is 5.32 Å². The summed E-state index contributed by atoms with van der Waals surface area (Å²) < 4.78 is 26.4. The van der Waals surface area contributed by atoms with Crippen LogP contribution in [0.1, 0.15) is 13.8 Å². The van der Waals surface area contributed by atoms with Gasteiger partial charge in [-0.1, -0.05) is 6.07 Å². The molecule has 7 heteroatoms. The number of benzene rings is 1. The number of nitrogens with zero attached hydrogens (tertiary/aromatic N) is 1. The van der Waals surface area contributed by atoms with Crippen LogP contribution in [0.3, 0.4) is 0 Å². The van der Waals surface area contributed by atoms with Gasteiger partial charge in [0.1, 0.15) is 5.54 Å². The zero-order chi connectivity index (χ0) is 14.3. The number of sulfonamides is 1. The molecule has 3 N–H and O–H groups in total. The van der Waals surface area contributed by atoms with E-state index in [1.54, 1.807) is 26.0 Å². The van der Waals surface area contributed by atoms with E-state index < -0.39 is 15.6 Å². The molecule has 104 valence electrons. The fourth-order valence-electron chi connectivity index (χ4n) is 2.10. The lowest BCUT2D eigenvalue weighted by Gasteiger charge is -2.39. The summed E-state index contributed by atoms with van der Waals surface area (Å²) >= 11 is 0. The first-order valence-electron chi connectivity index (χ1n) is 5.93. The van der Waals surface area contributed by atoms with Crippen molar-refractivity contribution in [1.82, 2.24) is 9.62 Å². The molecule has 1 aromatic carbocycles. The quantitative estimate of drug-likeness (QED) is 0.757. The van der Waals surface area contributed by atoms with E-state index in [-0.39, 0.29) is 17.3 Å². The molecule has 0 bridgehead atoms. The standard InChI is InChI=1S/C12H17N3O3S/c1-12(2)11(16)14-6-7-15(12)19(17,18)10-5-3-4-9(13)8-10/h3-5,8H,6-7,13H2,1-2H3,(H,14,16). The van der Waals surface area contributed by atoms with Crippen LogP contribution in [0.5, 0.6) is 0 Å². The minimum absolute atomic E-state index is 0.107. The van der Waals surface area contributed by atoms with Crippen molar-refractivity contribution in [2.45, 2.75) is 24.3 Å². The molecule has 1 amide bonds. The van der Waals surface area contributed by atoms with Gasteiger partial charge in [-0.05, 0) is 32.0 Å². The molecule has 1 aromatic rings. The summed E-state index contributed by atoms with van der Waals surface area (Å²) in [5, 5.41) is 2.67. The van der Waals surface area contributed by atoms with E-state index in [4.69, 9.17) is 5.73 Å². The number of anilines is 1. The van der Waals surface area contributed by atoms with Gasteiger partial charge < -0.3 is 11.1 Å². The molecule has 1 aliphatic heterocycles. The molecule has 6 nitrogen and oxygen atoms in total. The number of nitrogens with one attached hydrogen (secondary N) is 1. The zero-order valence-corrected chi connectivity index (χ0v) is 11.7. The van der Waals surface area contributed by atoms with Crippen LogP contribution in [0.4, 0.5) is 5.69 Å². The maximum atomic E-state index is 12.6. The van der Waals surface area contributed by atoms with Crippen LogP contribution in [0.2, 0.25) is 0 Å². The van der Waals surface area contributed by atoms with Crippen molar-refractivity contribution in [3.8, 4) is 0 Å². The van der Waals surface area contributed by atoms with E-state index in [0.29, 0.717) is 12.2 Å². The average Bonchev–Trinajstić information content (AvgIpc) is 2.32. The summed E-state index contributed by atoms with van der Waals surface area (Å²) in [7, 11) is -3.73. The minimum Gasteiger partial charge on any atom is -0.399 e. The Morgan fingerprint density at radius 2 is 2.05 bits per heavy atom. The Morgan fingerprint density at radius 3 is 2.68 bits per heavy atom. The van der Waals surface area contributed by atoms with Crippen LogP contribution in [0.25, 0.3) is 0 Å². The fraction of sp³-hybridized carbons (Fsp3) is 0.417. The van der Waals surface area contributed by atoms with E-state index >= 15 is 0 Å². The molecule has 19 heavy (non-hydrogen) atoms. The lowest BCUT2D eigenvalue weighted by molar-refractivity contribution is -0.131. The zero-order valence-electron chi connectivity index (χ0n) is 10.9. The topological polar surface area (TPSA) is 92.5 Å². The molecule has 0 aliphatic carbocycles. The lowest BCUT2D eigenvalue weighted by atomic mass is 10.0. The summed E-state index contributed by atoms with van der Waals surface area (Å²) in [6, 6.07) is 6.08. The number of piperazine rings is 1. The highest BCUT2D eigenvalue weighted by Crippen LogP contribution is 2.27. The first kappa shape index (κ1) is 13.8. The molecule has 0 unspecified atom stereocenters. The van der Waals surface area contributed by atoms with Crippen LogP contribution in [-0.2, 0) is 14.8 Å². The number of carbonyl (C=O) groups is 1. The molecule has 2 rings (SSSR count). The number of hydrogen-bond acceptors (Lipinski definition) is 4. The number of nitrogens with two attached hydrogens (primary N) is 1. The Labute approximate surface area is 112 Å². The van der Waals surface area contributed by atoms with Gasteiger partial charge >= 0.3 is 0 Å². The number of carbonyl (C=O) groups excluding carboxylic acids is 1. The molecule has 1 heterocycles. The Kier molecular flexibility index (Phi) is 3.27. The highest BCUT2D eigenvalue weighted by Gasteiger charge is 2.44. The highest BCUT2D eigenvalue weighted by atomic mass is 32.2. The van der Waals surface area contributed by atoms with Crippen LogP contribution in [-0.4, -0.2) is 37.3 Å². The summed E-state index contributed by atoms with van der Waals surface area (Å²) in [4.78, 5) is 11.9. The number of nitrogen functional groups attached to an aromatic ring is 1. The second-order valence-electron chi connectivity index (χ2n) is 4.96. The SMILES string of the molecule is CC1(C)C(=O)NCCN1S(=O)(=O)c1cccc(N)c1. The van der Waals surface area contributed by atoms with Crippen molar-refractivity contribution in [2.75, 3.05) is 18.8 Å².